The molecule has 102 valence electrons. The van der Waals surface area contributed by atoms with Gasteiger partial charge in [0.25, 0.3) is 0 Å². The molecule has 0 aliphatic carbocycles. The summed E-state index contributed by atoms with van der Waals surface area (Å²) >= 11 is 1.57. The summed E-state index contributed by atoms with van der Waals surface area (Å²) in [4.78, 5) is 1.94. The van der Waals surface area contributed by atoms with Gasteiger partial charge >= 0.3 is 51.4 Å². The number of hydrogen-bond acceptors (Lipinski definition) is 7. The van der Waals surface area contributed by atoms with E-state index in [1.165, 1.54) is 6.08 Å². The monoisotopic (exact) mass is 337 g/mol. The Morgan fingerprint density at radius 1 is 1.45 bits per heavy atom. The molecule has 0 atom stereocenters. The van der Waals surface area contributed by atoms with Crippen molar-refractivity contribution >= 4 is 21.9 Å². The van der Waals surface area contributed by atoms with E-state index in [4.69, 9.17) is 10.5 Å². The van der Waals surface area contributed by atoms with Gasteiger partial charge in [0.05, 0.1) is 15.1 Å². The standard InChI is InChI=1S/C11H13N3O3S2.K/c12-8-10(9-13)2-3-11-14(5-6-18-11)4-1-7-19(15,16)17;/h2-3H,1,4-7H2,(H,15,16,17);/q;+1/p-1. The van der Waals surface area contributed by atoms with Crippen LogP contribution in [0.15, 0.2) is 22.8 Å². The second-order valence-electron chi connectivity index (χ2n) is 3.76. The van der Waals surface area contributed by atoms with Crippen LogP contribution in [0.3, 0.4) is 0 Å². The average Bonchev–Trinajstić information content (AvgIpc) is 2.76. The molecule has 1 saturated heterocycles. The van der Waals surface area contributed by atoms with E-state index in [1.54, 1.807) is 30.0 Å². The Hall–Kier alpha value is 0.156. The van der Waals surface area contributed by atoms with Crippen LogP contribution in [0.4, 0.5) is 0 Å². The van der Waals surface area contributed by atoms with Gasteiger partial charge in [0.2, 0.25) is 0 Å². The van der Waals surface area contributed by atoms with Gasteiger partial charge in [-0.05, 0) is 18.6 Å². The summed E-state index contributed by atoms with van der Waals surface area (Å²) in [6.45, 7) is 1.24. The average molecular weight is 337 g/mol. The molecule has 1 aliphatic rings. The fourth-order valence-electron chi connectivity index (χ4n) is 1.52. The zero-order chi connectivity index (χ0) is 14.3. The predicted molar refractivity (Wildman–Crippen MR) is 70.6 cm³/mol. The Morgan fingerprint density at radius 3 is 2.65 bits per heavy atom. The van der Waals surface area contributed by atoms with Crippen molar-refractivity contribution < 1.29 is 64.4 Å². The zero-order valence-corrected chi connectivity index (χ0v) is 15.8. The number of hydrogen-bond donors (Lipinski definition) is 0. The van der Waals surface area contributed by atoms with Gasteiger partial charge in [-0.2, -0.15) is 10.5 Å². The Labute approximate surface area is 165 Å². The third-order valence-corrected chi connectivity index (χ3v) is 4.24. The molecule has 1 aliphatic heterocycles. The molecule has 0 aromatic rings. The van der Waals surface area contributed by atoms with Crippen LogP contribution >= 0.6 is 11.8 Å². The quantitative estimate of drug-likeness (QED) is 0.318. The van der Waals surface area contributed by atoms with Gasteiger partial charge in [-0.25, -0.2) is 8.42 Å². The Kier molecular flexibility index (Phi) is 10.1. The minimum atomic E-state index is -4.17. The van der Waals surface area contributed by atoms with Crippen molar-refractivity contribution in [2.45, 2.75) is 6.42 Å². The Morgan fingerprint density at radius 2 is 2.10 bits per heavy atom. The molecule has 20 heavy (non-hydrogen) atoms. The summed E-state index contributed by atoms with van der Waals surface area (Å²) < 4.78 is 31.5. The van der Waals surface area contributed by atoms with Crippen LogP contribution in [0.2, 0.25) is 0 Å². The van der Waals surface area contributed by atoms with Crippen molar-refractivity contribution in [3.8, 4) is 12.1 Å². The molecule has 0 aromatic heterocycles. The first kappa shape index (κ1) is 20.2. The number of nitrogens with zero attached hydrogens (tertiary/aromatic N) is 3. The Balaban J connectivity index is 0.00000361. The van der Waals surface area contributed by atoms with Gasteiger partial charge < -0.3 is 9.45 Å². The van der Waals surface area contributed by atoms with E-state index in [0.717, 1.165) is 17.3 Å². The first-order valence-corrected chi connectivity index (χ1v) is 8.06. The van der Waals surface area contributed by atoms with E-state index < -0.39 is 10.1 Å². The van der Waals surface area contributed by atoms with Gasteiger partial charge in [-0.1, -0.05) is 0 Å². The van der Waals surface area contributed by atoms with Crippen molar-refractivity contribution in [1.29, 1.82) is 10.5 Å². The zero-order valence-electron chi connectivity index (χ0n) is 11.1. The molecule has 1 heterocycles. The molecular weight excluding hydrogens is 325 g/mol. The van der Waals surface area contributed by atoms with Gasteiger partial charge in [0, 0.05) is 24.6 Å². The third kappa shape index (κ3) is 7.81. The smallest absolute Gasteiger partial charge is 0.748 e. The number of nitriles is 2. The van der Waals surface area contributed by atoms with Crippen LogP contribution in [0, 0.1) is 22.7 Å². The largest absolute Gasteiger partial charge is 1.00 e. The van der Waals surface area contributed by atoms with Gasteiger partial charge in [0.1, 0.15) is 17.7 Å². The van der Waals surface area contributed by atoms with Crippen LogP contribution in [0.25, 0.3) is 0 Å². The molecule has 9 heteroatoms. The van der Waals surface area contributed by atoms with Crippen molar-refractivity contribution in [2.24, 2.45) is 0 Å². The first-order valence-electron chi connectivity index (χ1n) is 5.50. The van der Waals surface area contributed by atoms with Crippen molar-refractivity contribution in [3.05, 3.63) is 22.8 Å². The third-order valence-electron chi connectivity index (χ3n) is 2.38. The molecular formula is C11H12KN3O3S2. The minimum Gasteiger partial charge on any atom is -0.748 e. The molecule has 0 spiro atoms. The van der Waals surface area contributed by atoms with Crippen LogP contribution in [0.1, 0.15) is 6.42 Å². The summed E-state index contributed by atoms with van der Waals surface area (Å²) in [6, 6.07) is 3.52. The maximum atomic E-state index is 10.5. The molecule has 1 fully saturated rings. The molecule has 0 aromatic carbocycles. The SMILES string of the molecule is N#CC(C#N)=CC=C1SCCN1CCCS(=O)(=O)[O-].[K+]. The molecule has 0 saturated carbocycles. The minimum absolute atomic E-state index is 0. The fourth-order valence-corrected chi connectivity index (χ4v) is 3.06. The summed E-state index contributed by atoms with van der Waals surface area (Å²) in [5.74, 6) is 0.483. The second-order valence-corrected chi connectivity index (χ2v) is 6.40. The number of thioether (sulfide) groups is 1. The van der Waals surface area contributed by atoms with Crippen molar-refractivity contribution in [1.82, 2.24) is 4.90 Å². The molecule has 1 rings (SSSR count). The van der Waals surface area contributed by atoms with E-state index in [-0.39, 0.29) is 69.1 Å². The fraction of sp³-hybridized carbons (Fsp3) is 0.455. The van der Waals surface area contributed by atoms with Gasteiger partial charge in [-0.3, -0.25) is 0 Å². The molecule has 0 radical (unpaired) electrons. The predicted octanol–water partition coefficient (Wildman–Crippen LogP) is -2.21. The van der Waals surface area contributed by atoms with E-state index in [2.05, 4.69) is 0 Å². The second kappa shape index (κ2) is 9.98. The topological polar surface area (TPSA) is 108 Å². The number of rotatable bonds is 5. The summed E-state index contributed by atoms with van der Waals surface area (Å²) in [5, 5.41) is 18.1. The summed E-state index contributed by atoms with van der Waals surface area (Å²) in [5.41, 5.74) is 0.0158. The van der Waals surface area contributed by atoms with Crippen molar-refractivity contribution in [2.75, 3.05) is 24.6 Å². The Bertz CT molecular complexity index is 557. The normalized spacial score (nSPS) is 16.1. The van der Waals surface area contributed by atoms with E-state index in [9.17, 15) is 13.0 Å². The molecule has 0 N–H and O–H groups in total. The number of allylic oxidation sites excluding steroid dienone is 3. The molecule has 0 unspecified atom stereocenters. The maximum absolute atomic E-state index is 10.5. The van der Waals surface area contributed by atoms with Crippen LogP contribution < -0.4 is 51.4 Å². The van der Waals surface area contributed by atoms with Crippen molar-refractivity contribution in [3.63, 3.8) is 0 Å². The maximum Gasteiger partial charge on any atom is 1.00 e. The van der Waals surface area contributed by atoms with Gasteiger partial charge in [0.15, 0.2) is 0 Å². The molecule has 0 amide bonds. The van der Waals surface area contributed by atoms with E-state index in [1.807, 2.05) is 4.90 Å². The van der Waals surface area contributed by atoms with Crippen LogP contribution in [-0.4, -0.2) is 42.5 Å². The summed E-state index contributed by atoms with van der Waals surface area (Å²) in [6.07, 6.45) is 3.38. The van der Waals surface area contributed by atoms with Crippen LogP contribution in [0.5, 0.6) is 0 Å². The van der Waals surface area contributed by atoms with E-state index >= 15 is 0 Å². The van der Waals surface area contributed by atoms with E-state index in [0.29, 0.717) is 6.54 Å². The molecule has 0 bridgehead atoms. The summed E-state index contributed by atoms with van der Waals surface area (Å²) in [7, 11) is -4.17. The van der Waals surface area contributed by atoms with Crippen LogP contribution in [-0.2, 0) is 10.1 Å². The first-order chi connectivity index (χ1) is 8.96. The van der Waals surface area contributed by atoms with Gasteiger partial charge in [-0.15, -0.1) is 11.8 Å². The molecule has 6 nitrogen and oxygen atoms in total.